The van der Waals surface area contributed by atoms with E-state index in [0.29, 0.717) is 22.3 Å². The number of carbonyl (C=O) groups excluding carboxylic acids is 1. The van der Waals surface area contributed by atoms with Crippen molar-refractivity contribution in [1.82, 2.24) is 34.6 Å². The number of anilines is 1. The third-order valence-corrected chi connectivity index (χ3v) is 4.73. The van der Waals surface area contributed by atoms with E-state index in [9.17, 15) is 9.90 Å². The molecule has 0 saturated carbocycles. The molecule has 0 aliphatic carbocycles. The number of hydrogen-bond acceptors (Lipinski definition) is 8. The molecule has 4 aromatic rings. The van der Waals surface area contributed by atoms with E-state index in [1.54, 1.807) is 63.7 Å². The number of carbonyl (C=O) groups is 1. The summed E-state index contributed by atoms with van der Waals surface area (Å²) in [5.74, 6) is 0.480. The first-order valence-corrected chi connectivity index (χ1v) is 9.12. The summed E-state index contributed by atoms with van der Waals surface area (Å²) in [6.45, 7) is 1.61. The summed E-state index contributed by atoms with van der Waals surface area (Å²) in [6.07, 6.45) is 4.64. The van der Waals surface area contributed by atoms with Crippen LogP contribution in [0.4, 0.5) is 5.95 Å². The van der Waals surface area contributed by atoms with E-state index in [2.05, 4.69) is 25.0 Å². The average molecular weight is 404 g/mol. The van der Waals surface area contributed by atoms with Gasteiger partial charge in [-0.15, -0.1) is 0 Å². The fourth-order valence-corrected chi connectivity index (χ4v) is 3.12. The van der Waals surface area contributed by atoms with Crippen LogP contribution in [0.25, 0.3) is 16.7 Å². The lowest BCUT2D eigenvalue weighted by molar-refractivity contribution is 0.0823. The number of nitrogen functional groups attached to an aromatic ring is 1. The van der Waals surface area contributed by atoms with Crippen molar-refractivity contribution in [1.29, 1.82) is 0 Å². The Bertz CT molecular complexity index is 1230. The van der Waals surface area contributed by atoms with Crippen molar-refractivity contribution in [3.8, 4) is 5.82 Å². The minimum Gasteiger partial charge on any atom is -0.377 e. The van der Waals surface area contributed by atoms with Gasteiger partial charge in [-0.25, -0.2) is 19.6 Å². The van der Waals surface area contributed by atoms with Gasteiger partial charge in [0.15, 0.2) is 17.3 Å². The highest BCUT2D eigenvalue weighted by atomic mass is 16.3. The van der Waals surface area contributed by atoms with Crippen molar-refractivity contribution in [3.05, 3.63) is 66.0 Å². The molecule has 1 unspecified atom stereocenters. The normalized spacial score (nSPS) is 13.2. The number of nitrogens with zero attached hydrogens (tertiary/aromatic N) is 7. The van der Waals surface area contributed by atoms with Gasteiger partial charge in [-0.05, 0) is 30.7 Å². The van der Waals surface area contributed by atoms with Crippen LogP contribution in [-0.2, 0) is 5.60 Å². The minimum absolute atomic E-state index is 0.0810. The van der Waals surface area contributed by atoms with Gasteiger partial charge < -0.3 is 15.7 Å². The molecule has 10 heteroatoms. The maximum Gasteiger partial charge on any atom is 0.274 e. The Morgan fingerprint density at radius 3 is 2.53 bits per heavy atom. The predicted molar refractivity (Wildman–Crippen MR) is 110 cm³/mol. The molecule has 0 aliphatic rings. The number of rotatable bonds is 4. The molecule has 0 saturated heterocycles. The smallest absolute Gasteiger partial charge is 0.274 e. The van der Waals surface area contributed by atoms with Crippen molar-refractivity contribution in [2.45, 2.75) is 12.5 Å². The fraction of sp³-hybridized carbons (Fsp3) is 0.200. The van der Waals surface area contributed by atoms with Crippen LogP contribution in [-0.4, -0.2) is 59.7 Å². The fourth-order valence-electron chi connectivity index (χ4n) is 3.12. The molecule has 152 valence electrons. The molecule has 0 spiro atoms. The van der Waals surface area contributed by atoms with E-state index in [1.807, 2.05) is 0 Å². The zero-order valence-electron chi connectivity index (χ0n) is 16.7. The molecule has 0 radical (unpaired) electrons. The average Bonchev–Trinajstić information content (AvgIpc) is 3.12. The molecule has 3 N–H and O–H groups in total. The standard InChI is InChI=1S/C20H20N8O2/c1-20(30,18-22-8-4-9-23-18)12-5-6-13-14(11-12)28(15-7-10-24-19(21)25-15)26-16(13)17(29)27(2)3/h4-11,30H,1-3H3,(H2,21,24,25). The van der Waals surface area contributed by atoms with Gasteiger partial charge in [0, 0.05) is 44.1 Å². The van der Waals surface area contributed by atoms with Gasteiger partial charge in [-0.3, -0.25) is 4.79 Å². The maximum atomic E-state index is 12.7. The van der Waals surface area contributed by atoms with Crippen molar-refractivity contribution < 1.29 is 9.90 Å². The van der Waals surface area contributed by atoms with Crippen LogP contribution in [0.1, 0.15) is 28.8 Å². The second-order valence-electron chi connectivity index (χ2n) is 7.11. The van der Waals surface area contributed by atoms with Crippen LogP contribution in [0.5, 0.6) is 0 Å². The molecule has 1 amide bonds. The SMILES string of the molecule is CN(C)C(=O)c1nn(-c2ccnc(N)n2)c2cc(C(C)(O)c3ncccn3)ccc12. The largest absolute Gasteiger partial charge is 0.377 e. The first-order valence-electron chi connectivity index (χ1n) is 9.12. The second kappa shape index (κ2) is 7.16. The van der Waals surface area contributed by atoms with Crippen LogP contribution in [0.2, 0.25) is 0 Å². The van der Waals surface area contributed by atoms with Gasteiger partial charge in [0.2, 0.25) is 5.95 Å². The van der Waals surface area contributed by atoms with Crippen molar-refractivity contribution in [3.63, 3.8) is 0 Å². The number of amides is 1. The monoisotopic (exact) mass is 404 g/mol. The molecule has 1 atom stereocenters. The highest BCUT2D eigenvalue weighted by Crippen LogP contribution is 2.31. The Balaban J connectivity index is 1.96. The molecule has 0 aliphatic heterocycles. The predicted octanol–water partition coefficient (Wildman–Crippen LogP) is 1.15. The molecule has 1 aromatic carbocycles. The molecule has 3 heterocycles. The van der Waals surface area contributed by atoms with Crippen LogP contribution in [0.3, 0.4) is 0 Å². The lowest BCUT2D eigenvalue weighted by Crippen LogP contribution is -2.25. The first kappa shape index (κ1) is 19.4. The summed E-state index contributed by atoms with van der Waals surface area (Å²) in [4.78, 5) is 30.6. The zero-order valence-corrected chi connectivity index (χ0v) is 16.7. The summed E-state index contributed by atoms with van der Waals surface area (Å²) < 4.78 is 1.51. The van der Waals surface area contributed by atoms with Crippen molar-refractivity contribution >= 4 is 22.8 Å². The maximum absolute atomic E-state index is 12.7. The van der Waals surface area contributed by atoms with E-state index in [-0.39, 0.29) is 23.4 Å². The Kier molecular flexibility index (Phi) is 4.63. The Hall–Kier alpha value is -3.92. The second-order valence-corrected chi connectivity index (χ2v) is 7.11. The quantitative estimate of drug-likeness (QED) is 0.517. The number of hydrogen-bond donors (Lipinski definition) is 2. The Morgan fingerprint density at radius 1 is 1.13 bits per heavy atom. The Morgan fingerprint density at radius 2 is 1.87 bits per heavy atom. The highest BCUT2D eigenvalue weighted by Gasteiger charge is 2.30. The summed E-state index contributed by atoms with van der Waals surface area (Å²) in [5, 5.41) is 16.2. The zero-order chi connectivity index (χ0) is 21.5. The number of nitrogens with two attached hydrogens (primary N) is 1. The van der Waals surface area contributed by atoms with Crippen molar-refractivity contribution in [2.75, 3.05) is 19.8 Å². The van der Waals surface area contributed by atoms with E-state index >= 15 is 0 Å². The molecule has 0 bridgehead atoms. The third kappa shape index (κ3) is 3.22. The van der Waals surface area contributed by atoms with Gasteiger partial charge in [0.05, 0.1) is 5.52 Å². The molecule has 3 aromatic heterocycles. The van der Waals surface area contributed by atoms with Gasteiger partial charge in [0.1, 0.15) is 5.60 Å². The highest BCUT2D eigenvalue weighted by molar-refractivity contribution is 6.05. The number of fused-ring (bicyclic) bond motifs is 1. The molecule has 4 rings (SSSR count). The lowest BCUT2D eigenvalue weighted by Gasteiger charge is -2.22. The summed E-state index contributed by atoms with van der Waals surface area (Å²) >= 11 is 0. The number of aliphatic hydroxyl groups is 1. The first-order chi connectivity index (χ1) is 14.3. The molecule has 10 nitrogen and oxygen atoms in total. The number of benzene rings is 1. The van der Waals surface area contributed by atoms with Crippen molar-refractivity contribution in [2.24, 2.45) is 0 Å². The molecule has 0 fully saturated rings. The van der Waals surface area contributed by atoms with Crippen LogP contribution in [0, 0.1) is 0 Å². The van der Waals surface area contributed by atoms with E-state index in [4.69, 9.17) is 5.73 Å². The Labute approximate surface area is 172 Å². The van der Waals surface area contributed by atoms with Gasteiger partial charge in [-0.1, -0.05) is 6.07 Å². The van der Waals surface area contributed by atoms with Crippen LogP contribution < -0.4 is 5.73 Å². The topological polar surface area (TPSA) is 136 Å². The molecular formula is C20H20N8O2. The molecular weight excluding hydrogens is 384 g/mol. The van der Waals surface area contributed by atoms with Gasteiger partial charge in [-0.2, -0.15) is 10.1 Å². The van der Waals surface area contributed by atoms with Crippen LogP contribution >= 0.6 is 0 Å². The molecule has 30 heavy (non-hydrogen) atoms. The third-order valence-electron chi connectivity index (χ3n) is 4.73. The summed E-state index contributed by atoms with van der Waals surface area (Å²) in [5.41, 5.74) is 5.65. The number of aromatic nitrogens is 6. The summed E-state index contributed by atoms with van der Waals surface area (Å²) in [6, 6.07) is 8.52. The van der Waals surface area contributed by atoms with Gasteiger partial charge in [0.25, 0.3) is 5.91 Å². The lowest BCUT2D eigenvalue weighted by atomic mass is 9.94. The minimum atomic E-state index is -1.46. The van der Waals surface area contributed by atoms with Gasteiger partial charge >= 0.3 is 0 Å². The van der Waals surface area contributed by atoms with E-state index in [0.717, 1.165) is 0 Å². The van der Waals surface area contributed by atoms with E-state index < -0.39 is 5.60 Å². The van der Waals surface area contributed by atoms with Crippen LogP contribution in [0.15, 0.2) is 48.9 Å². The van der Waals surface area contributed by atoms with E-state index in [1.165, 1.54) is 15.8 Å². The summed E-state index contributed by atoms with van der Waals surface area (Å²) in [7, 11) is 3.31.